The number of carbonyl (C=O) groups is 2. The van der Waals surface area contributed by atoms with Crippen molar-refractivity contribution in [1.82, 2.24) is 10.3 Å². The summed E-state index contributed by atoms with van der Waals surface area (Å²) in [6.45, 7) is 0.0566. The molecule has 0 aliphatic heterocycles. The molecule has 1 N–H and O–H groups in total. The number of para-hydroxylation sites is 1. The molecule has 1 heterocycles. The Bertz CT molecular complexity index is 960. The fraction of sp³-hybridized carbons (Fsp3) is 0.0952. The van der Waals surface area contributed by atoms with Gasteiger partial charge in [0.05, 0.1) is 0 Å². The third kappa shape index (κ3) is 4.36. The third-order valence-corrected chi connectivity index (χ3v) is 4.09. The minimum Gasteiger partial charge on any atom is -0.348 e. The quantitative estimate of drug-likeness (QED) is 0.755. The highest BCUT2D eigenvalue weighted by molar-refractivity contribution is 6.06. The smallest absolute Gasteiger partial charge is 0.276 e. The molecule has 0 aliphatic carbocycles. The fourth-order valence-corrected chi connectivity index (χ4v) is 2.55. The first kappa shape index (κ1) is 18.3. The summed E-state index contributed by atoms with van der Waals surface area (Å²) in [5.74, 6) is -1.12. The summed E-state index contributed by atoms with van der Waals surface area (Å²) in [5, 5.41) is 2.65. The second-order valence-corrected chi connectivity index (χ2v) is 5.90. The van der Waals surface area contributed by atoms with Gasteiger partial charge in [0.2, 0.25) is 0 Å². The average molecular weight is 363 g/mol. The van der Waals surface area contributed by atoms with Gasteiger partial charge in [0, 0.05) is 36.6 Å². The minimum atomic E-state index is -0.405. The molecule has 0 bridgehead atoms. The van der Waals surface area contributed by atoms with E-state index in [9.17, 15) is 14.0 Å². The van der Waals surface area contributed by atoms with E-state index >= 15 is 0 Å². The number of hydrogen-bond acceptors (Lipinski definition) is 3. The predicted molar refractivity (Wildman–Crippen MR) is 101 cm³/mol. The van der Waals surface area contributed by atoms with Gasteiger partial charge in [-0.15, -0.1) is 0 Å². The molecule has 2 aromatic carbocycles. The maximum absolute atomic E-state index is 13.7. The number of aromatic nitrogens is 1. The average Bonchev–Trinajstić information content (AvgIpc) is 2.72. The summed E-state index contributed by atoms with van der Waals surface area (Å²) < 4.78 is 13.7. The molecule has 5 nitrogen and oxygen atoms in total. The van der Waals surface area contributed by atoms with Crippen LogP contribution in [-0.4, -0.2) is 23.8 Å². The lowest BCUT2D eigenvalue weighted by Crippen LogP contribution is -2.28. The lowest BCUT2D eigenvalue weighted by molar-refractivity contribution is 0.0950. The molecule has 0 spiro atoms. The molecule has 3 rings (SSSR count). The second-order valence-electron chi connectivity index (χ2n) is 5.90. The van der Waals surface area contributed by atoms with E-state index in [1.807, 2.05) is 30.3 Å². The topological polar surface area (TPSA) is 62.3 Å². The van der Waals surface area contributed by atoms with E-state index in [1.165, 1.54) is 29.3 Å². The molecule has 0 saturated heterocycles. The van der Waals surface area contributed by atoms with Crippen molar-refractivity contribution in [1.29, 1.82) is 0 Å². The Morgan fingerprint density at radius 2 is 1.74 bits per heavy atom. The Labute approximate surface area is 156 Å². The van der Waals surface area contributed by atoms with Gasteiger partial charge in [0.1, 0.15) is 11.5 Å². The standard InChI is InChI=1S/C21H18FN3O2/c1-25(17-8-3-2-4-9-17)21(27)19-13-15(11-12-23-19)20(26)24-14-16-7-5-6-10-18(16)22/h2-13H,14H2,1H3,(H,24,26). The van der Waals surface area contributed by atoms with Crippen LogP contribution in [0.25, 0.3) is 0 Å². The lowest BCUT2D eigenvalue weighted by Gasteiger charge is -2.17. The van der Waals surface area contributed by atoms with Crippen molar-refractivity contribution in [3.63, 3.8) is 0 Å². The number of carbonyl (C=O) groups excluding carboxylic acids is 2. The number of rotatable bonds is 5. The van der Waals surface area contributed by atoms with Crippen LogP contribution in [0.5, 0.6) is 0 Å². The number of halogens is 1. The zero-order valence-electron chi connectivity index (χ0n) is 14.7. The third-order valence-electron chi connectivity index (χ3n) is 4.09. The zero-order chi connectivity index (χ0) is 19.2. The Balaban J connectivity index is 1.72. The van der Waals surface area contributed by atoms with E-state index < -0.39 is 5.91 Å². The van der Waals surface area contributed by atoms with Crippen molar-refractivity contribution >= 4 is 17.5 Å². The summed E-state index contributed by atoms with van der Waals surface area (Å²) in [4.78, 5) is 30.5. The van der Waals surface area contributed by atoms with Crippen LogP contribution in [0.3, 0.4) is 0 Å². The van der Waals surface area contributed by atoms with Crippen molar-refractivity contribution in [3.05, 3.63) is 95.6 Å². The first-order valence-corrected chi connectivity index (χ1v) is 8.37. The summed E-state index contributed by atoms with van der Waals surface area (Å²) in [6, 6.07) is 18.3. The van der Waals surface area contributed by atoms with Crippen molar-refractivity contribution in [3.8, 4) is 0 Å². The number of hydrogen-bond donors (Lipinski definition) is 1. The molecule has 0 fully saturated rings. The van der Waals surface area contributed by atoms with E-state index in [4.69, 9.17) is 0 Å². The molecule has 136 valence electrons. The van der Waals surface area contributed by atoms with E-state index in [-0.39, 0.29) is 29.5 Å². The Morgan fingerprint density at radius 3 is 2.48 bits per heavy atom. The van der Waals surface area contributed by atoms with Crippen molar-refractivity contribution in [2.24, 2.45) is 0 Å². The van der Waals surface area contributed by atoms with Gasteiger partial charge in [0.25, 0.3) is 11.8 Å². The molecule has 3 aromatic rings. The maximum Gasteiger partial charge on any atom is 0.276 e. The van der Waals surface area contributed by atoms with Gasteiger partial charge in [-0.25, -0.2) is 4.39 Å². The van der Waals surface area contributed by atoms with E-state index in [1.54, 1.807) is 25.2 Å². The van der Waals surface area contributed by atoms with Gasteiger partial charge in [0.15, 0.2) is 0 Å². The Morgan fingerprint density at radius 1 is 1.04 bits per heavy atom. The first-order chi connectivity index (χ1) is 13.1. The van der Waals surface area contributed by atoms with Gasteiger partial charge in [-0.3, -0.25) is 14.6 Å². The van der Waals surface area contributed by atoms with Gasteiger partial charge in [-0.2, -0.15) is 0 Å². The highest BCUT2D eigenvalue weighted by Crippen LogP contribution is 2.14. The van der Waals surface area contributed by atoms with Crippen LogP contribution >= 0.6 is 0 Å². The lowest BCUT2D eigenvalue weighted by atomic mass is 10.1. The molecular weight excluding hydrogens is 345 g/mol. The SMILES string of the molecule is CN(C(=O)c1cc(C(=O)NCc2ccccc2F)ccn1)c1ccccc1. The molecular formula is C21H18FN3O2. The Hall–Kier alpha value is -3.54. The summed E-state index contributed by atoms with van der Waals surface area (Å²) in [7, 11) is 1.64. The highest BCUT2D eigenvalue weighted by Gasteiger charge is 2.17. The molecule has 0 saturated carbocycles. The maximum atomic E-state index is 13.7. The number of benzene rings is 2. The molecule has 6 heteroatoms. The highest BCUT2D eigenvalue weighted by atomic mass is 19.1. The van der Waals surface area contributed by atoms with Crippen LogP contribution < -0.4 is 10.2 Å². The first-order valence-electron chi connectivity index (χ1n) is 8.37. The molecule has 0 atom stereocenters. The summed E-state index contributed by atoms with van der Waals surface area (Å²) >= 11 is 0. The molecule has 0 unspecified atom stereocenters. The van der Waals surface area contributed by atoms with Crippen molar-refractivity contribution in [2.75, 3.05) is 11.9 Å². The zero-order valence-corrected chi connectivity index (χ0v) is 14.7. The number of pyridine rings is 1. The van der Waals surface area contributed by atoms with Crippen LogP contribution in [0.4, 0.5) is 10.1 Å². The van der Waals surface area contributed by atoms with Gasteiger partial charge in [-0.05, 0) is 30.3 Å². The van der Waals surface area contributed by atoms with Gasteiger partial charge < -0.3 is 10.2 Å². The van der Waals surface area contributed by atoms with Gasteiger partial charge >= 0.3 is 0 Å². The molecule has 2 amide bonds. The molecule has 27 heavy (non-hydrogen) atoms. The summed E-state index contributed by atoms with van der Waals surface area (Å²) in [5.41, 5.74) is 1.55. The normalized spacial score (nSPS) is 10.3. The molecule has 0 radical (unpaired) electrons. The predicted octanol–water partition coefficient (Wildman–Crippen LogP) is 3.43. The number of amides is 2. The van der Waals surface area contributed by atoms with Crippen molar-refractivity contribution < 1.29 is 14.0 Å². The second kappa shape index (κ2) is 8.23. The number of nitrogens with zero attached hydrogens (tertiary/aromatic N) is 2. The van der Waals surface area contributed by atoms with Crippen LogP contribution in [0, 0.1) is 5.82 Å². The molecule has 0 aliphatic rings. The Kier molecular flexibility index (Phi) is 5.56. The fourth-order valence-electron chi connectivity index (χ4n) is 2.55. The van der Waals surface area contributed by atoms with Crippen LogP contribution in [0.1, 0.15) is 26.4 Å². The van der Waals surface area contributed by atoms with E-state index in [2.05, 4.69) is 10.3 Å². The monoisotopic (exact) mass is 363 g/mol. The largest absolute Gasteiger partial charge is 0.348 e. The molecule has 1 aromatic heterocycles. The van der Waals surface area contributed by atoms with Gasteiger partial charge in [-0.1, -0.05) is 36.4 Å². The van der Waals surface area contributed by atoms with E-state index in [0.717, 1.165) is 5.69 Å². The number of anilines is 1. The van der Waals surface area contributed by atoms with Crippen LogP contribution in [0.15, 0.2) is 72.9 Å². The van der Waals surface area contributed by atoms with Crippen LogP contribution in [-0.2, 0) is 6.54 Å². The van der Waals surface area contributed by atoms with E-state index in [0.29, 0.717) is 5.56 Å². The van der Waals surface area contributed by atoms with Crippen LogP contribution in [0.2, 0.25) is 0 Å². The summed E-state index contributed by atoms with van der Waals surface area (Å²) in [6.07, 6.45) is 1.41. The number of nitrogens with one attached hydrogen (secondary N) is 1. The minimum absolute atomic E-state index is 0.0566. The van der Waals surface area contributed by atoms with Crippen molar-refractivity contribution in [2.45, 2.75) is 6.54 Å².